The molecule has 0 aromatic carbocycles. The molecule has 0 unspecified atom stereocenters. The lowest BCUT2D eigenvalue weighted by Gasteiger charge is -1.97. The minimum absolute atomic E-state index is 0.269. The quantitative estimate of drug-likeness (QED) is 0.790. The van der Waals surface area contributed by atoms with E-state index in [2.05, 4.69) is 15.1 Å². The van der Waals surface area contributed by atoms with Gasteiger partial charge in [-0.1, -0.05) is 5.16 Å². The van der Waals surface area contributed by atoms with Crippen molar-refractivity contribution in [1.82, 2.24) is 15.1 Å². The largest absolute Gasteiger partial charge is 0.381 e. The van der Waals surface area contributed by atoms with E-state index in [1.54, 1.807) is 6.20 Å². The lowest BCUT2D eigenvalue weighted by atomic mass is 10.1. The van der Waals surface area contributed by atoms with Crippen LogP contribution in [0.1, 0.15) is 23.9 Å². The van der Waals surface area contributed by atoms with Gasteiger partial charge < -0.3 is 9.26 Å². The Labute approximate surface area is 98.8 Å². The van der Waals surface area contributed by atoms with Crippen LogP contribution in [0.4, 0.5) is 0 Å². The van der Waals surface area contributed by atoms with Crippen LogP contribution in [0.25, 0.3) is 11.5 Å². The van der Waals surface area contributed by atoms with E-state index < -0.39 is 0 Å². The van der Waals surface area contributed by atoms with Gasteiger partial charge in [0.05, 0.1) is 12.2 Å². The second-order valence-corrected chi connectivity index (χ2v) is 4.21. The van der Waals surface area contributed by atoms with Crippen LogP contribution in [0.5, 0.6) is 0 Å². The van der Waals surface area contributed by atoms with Crippen LogP contribution < -0.4 is 0 Å². The maximum atomic E-state index is 5.31. The molecule has 1 saturated heterocycles. The van der Waals surface area contributed by atoms with Gasteiger partial charge in [-0.15, -0.1) is 0 Å². The van der Waals surface area contributed by atoms with Gasteiger partial charge in [-0.25, -0.2) is 0 Å². The third-order valence-corrected chi connectivity index (χ3v) is 2.89. The number of ether oxygens (including phenoxy) is 1. The molecule has 1 aliphatic rings. The molecule has 2 aromatic rings. The zero-order valence-electron chi connectivity index (χ0n) is 9.59. The first kappa shape index (κ1) is 10.4. The van der Waals surface area contributed by atoms with Crippen LogP contribution in [0, 0.1) is 6.92 Å². The van der Waals surface area contributed by atoms with E-state index in [0.717, 1.165) is 30.1 Å². The number of rotatable bonds is 2. The van der Waals surface area contributed by atoms with Gasteiger partial charge in [0.1, 0.15) is 0 Å². The summed E-state index contributed by atoms with van der Waals surface area (Å²) in [5, 5.41) is 4.00. The number of aryl methyl sites for hydroxylation is 1. The van der Waals surface area contributed by atoms with E-state index >= 15 is 0 Å². The number of nitrogens with zero attached hydrogens (tertiary/aromatic N) is 3. The van der Waals surface area contributed by atoms with Crippen LogP contribution in [-0.4, -0.2) is 28.3 Å². The van der Waals surface area contributed by atoms with E-state index in [0.29, 0.717) is 12.5 Å². The smallest absolute Gasteiger partial charge is 0.259 e. The molecule has 0 N–H and O–H groups in total. The summed E-state index contributed by atoms with van der Waals surface area (Å²) in [7, 11) is 0. The molecule has 3 heterocycles. The average molecular weight is 231 g/mol. The van der Waals surface area contributed by atoms with E-state index in [9.17, 15) is 0 Å². The molecule has 5 heteroatoms. The van der Waals surface area contributed by atoms with Crippen LogP contribution in [0.3, 0.4) is 0 Å². The molecule has 1 atom stereocenters. The van der Waals surface area contributed by atoms with Gasteiger partial charge in [-0.05, 0) is 25.5 Å². The van der Waals surface area contributed by atoms with Crippen LogP contribution >= 0.6 is 0 Å². The zero-order chi connectivity index (χ0) is 11.7. The molecule has 0 aliphatic carbocycles. The van der Waals surface area contributed by atoms with Crippen LogP contribution in [-0.2, 0) is 4.74 Å². The lowest BCUT2D eigenvalue weighted by Crippen LogP contribution is -1.99. The third kappa shape index (κ3) is 2.06. The van der Waals surface area contributed by atoms with Gasteiger partial charge in [0.2, 0.25) is 0 Å². The summed E-state index contributed by atoms with van der Waals surface area (Å²) in [6.07, 6.45) is 2.71. The maximum Gasteiger partial charge on any atom is 0.259 e. The third-order valence-electron chi connectivity index (χ3n) is 2.89. The number of aromatic nitrogens is 3. The SMILES string of the molecule is Cc1ccc(-c2nc([C@@H]3CCOC3)no2)cn1. The van der Waals surface area contributed by atoms with Gasteiger partial charge in [0, 0.05) is 24.4 Å². The molecule has 5 nitrogen and oxygen atoms in total. The summed E-state index contributed by atoms with van der Waals surface area (Å²) >= 11 is 0. The van der Waals surface area contributed by atoms with Gasteiger partial charge in [0.25, 0.3) is 5.89 Å². The highest BCUT2D eigenvalue weighted by molar-refractivity contribution is 5.50. The topological polar surface area (TPSA) is 61.0 Å². The molecule has 1 aliphatic heterocycles. The summed E-state index contributed by atoms with van der Waals surface area (Å²) in [6.45, 7) is 3.41. The van der Waals surface area contributed by atoms with Gasteiger partial charge in [-0.2, -0.15) is 4.98 Å². The standard InChI is InChI=1S/C12H13N3O2/c1-8-2-3-9(6-13-8)12-14-11(15-17-12)10-4-5-16-7-10/h2-3,6,10H,4-5,7H2,1H3/t10-/m1/s1. The van der Waals surface area contributed by atoms with Crippen molar-refractivity contribution in [3.8, 4) is 11.5 Å². The fraction of sp³-hybridized carbons (Fsp3) is 0.417. The van der Waals surface area contributed by atoms with Crippen LogP contribution in [0.15, 0.2) is 22.9 Å². The first-order valence-electron chi connectivity index (χ1n) is 5.67. The van der Waals surface area contributed by atoms with E-state index in [1.807, 2.05) is 19.1 Å². The molecule has 2 aromatic heterocycles. The van der Waals surface area contributed by atoms with Crippen molar-refractivity contribution in [2.24, 2.45) is 0 Å². The minimum atomic E-state index is 0.269. The highest BCUT2D eigenvalue weighted by atomic mass is 16.5. The van der Waals surface area contributed by atoms with Crippen LogP contribution in [0.2, 0.25) is 0 Å². The van der Waals surface area contributed by atoms with Crippen molar-refractivity contribution in [1.29, 1.82) is 0 Å². The number of hydrogen-bond acceptors (Lipinski definition) is 5. The Balaban J connectivity index is 1.86. The fourth-order valence-corrected chi connectivity index (χ4v) is 1.85. The summed E-state index contributed by atoms with van der Waals surface area (Å²) in [5.74, 6) is 1.53. The Bertz CT molecular complexity index is 501. The van der Waals surface area contributed by atoms with E-state index in [-0.39, 0.29) is 5.92 Å². The number of hydrogen-bond donors (Lipinski definition) is 0. The molecule has 0 radical (unpaired) electrons. The predicted molar refractivity (Wildman–Crippen MR) is 60.4 cm³/mol. The van der Waals surface area contributed by atoms with Gasteiger partial charge >= 0.3 is 0 Å². The fourth-order valence-electron chi connectivity index (χ4n) is 1.85. The second-order valence-electron chi connectivity index (χ2n) is 4.21. The average Bonchev–Trinajstić information content (AvgIpc) is 3.00. The molecular weight excluding hydrogens is 218 g/mol. The minimum Gasteiger partial charge on any atom is -0.381 e. The Morgan fingerprint density at radius 3 is 3.00 bits per heavy atom. The van der Waals surface area contributed by atoms with E-state index in [4.69, 9.17) is 9.26 Å². The second kappa shape index (κ2) is 4.25. The molecule has 88 valence electrons. The molecular formula is C12H13N3O2. The normalized spacial score (nSPS) is 19.7. The van der Waals surface area contributed by atoms with Gasteiger partial charge in [0.15, 0.2) is 5.82 Å². The molecule has 1 fully saturated rings. The molecule has 17 heavy (non-hydrogen) atoms. The summed E-state index contributed by atoms with van der Waals surface area (Å²) < 4.78 is 10.6. The van der Waals surface area contributed by atoms with Crippen molar-refractivity contribution in [2.75, 3.05) is 13.2 Å². The zero-order valence-corrected chi connectivity index (χ0v) is 9.59. The Hall–Kier alpha value is -1.75. The summed E-state index contributed by atoms with van der Waals surface area (Å²) in [6, 6.07) is 3.86. The van der Waals surface area contributed by atoms with Crippen molar-refractivity contribution < 1.29 is 9.26 Å². The van der Waals surface area contributed by atoms with Crippen molar-refractivity contribution in [3.05, 3.63) is 29.8 Å². The molecule has 0 amide bonds. The lowest BCUT2D eigenvalue weighted by molar-refractivity contribution is 0.192. The highest BCUT2D eigenvalue weighted by Gasteiger charge is 2.23. The molecule has 0 spiro atoms. The van der Waals surface area contributed by atoms with Gasteiger partial charge in [-0.3, -0.25) is 4.98 Å². The molecule has 3 rings (SSSR count). The Morgan fingerprint density at radius 1 is 1.35 bits per heavy atom. The maximum absolute atomic E-state index is 5.31. The van der Waals surface area contributed by atoms with Crippen molar-refractivity contribution in [2.45, 2.75) is 19.3 Å². The Morgan fingerprint density at radius 2 is 2.29 bits per heavy atom. The number of pyridine rings is 1. The monoisotopic (exact) mass is 231 g/mol. The summed E-state index contributed by atoms with van der Waals surface area (Å²) in [4.78, 5) is 8.60. The van der Waals surface area contributed by atoms with Crippen molar-refractivity contribution in [3.63, 3.8) is 0 Å². The van der Waals surface area contributed by atoms with E-state index in [1.165, 1.54) is 0 Å². The first-order chi connectivity index (χ1) is 8.33. The Kier molecular flexibility index (Phi) is 2.60. The summed E-state index contributed by atoms with van der Waals surface area (Å²) in [5.41, 5.74) is 1.82. The predicted octanol–water partition coefficient (Wildman–Crippen LogP) is 1.94. The first-order valence-corrected chi connectivity index (χ1v) is 5.67. The molecule has 0 saturated carbocycles. The molecule has 0 bridgehead atoms. The highest BCUT2D eigenvalue weighted by Crippen LogP contribution is 2.25. The van der Waals surface area contributed by atoms with Crippen molar-refractivity contribution >= 4 is 0 Å².